The Labute approximate surface area is 191 Å². The molecule has 178 valence electrons. The molecule has 13 heteroatoms. The van der Waals surface area contributed by atoms with Crippen molar-refractivity contribution in [2.45, 2.75) is 37.2 Å². The molecule has 2 fully saturated rings. The highest BCUT2D eigenvalue weighted by atomic mass is 35.5. The van der Waals surface area contributed by atoms with Crippen molar-refractivity contribution in [2.24, 2.45) is 5.73 Å². The Morgan fingerprint density at radius 3 is 2.73 bits per heavy atom. The van der Waals surface area contributed by atoms with Gasteiger partial charge in [0.2, 0.25) is 0 Å². The van der Waals surface area contributed by atoms with Crippen LogP contribution in [0.15, 0.2) is 18.5 Å². The second kappa shape index (κ2) is 8.82. The number of benzene rings is 1. The highest BCUT2D eigenvalue weighted by Crippen LogP contribution is 2.37. The molecule has 0 aliphatic carbocycles. The molecule has 0 spiro atoms. The van der Waals surface area contributed by atoms with Gasteiger partial charge >= 0.3 is 12.1 Å². The maximum absolute atomic E-state index is 12.9. The van der Waals surface area contributed by atoms with Crippen molar-refractivity contribution in [3.05, 3.63) is 23.5 Å². The van der Waals surface area contributed by atoms with E-state index in [2.05, 4.69) is 14.7 Å². The summed E-state index contributed by atoms with van der Waals surface area (Å²) in [6, 6.07) is 2.32. The summed E-state index contributed by atoms with van der Waals surface area (Å²) in [5.74, 6) is -2.05. The molecule has 2 N–H and O–H groups in total. The van der Waals surface area contributed by atoms with Crippen molar-refractivity contribution in [3.63, 3.8) is 0 Å². The molecular weight excluding hydrogens is 467 g/mol. The molecule has 9 nitrogen and oxygen atoms in total. The van der Waals surface area contributed by atoms with Gasteiger partial charge in [-0.05, 0) is 25.0 Å². The van der Waals surface area contributed by atoms with Crippen LogP contribution in [0.25, 0.3) is 10.9 Å². The monoisotopic (exact) mass is 487 g/mol. The van der Waals surface area contributed by atoms with Gasteiger partial charge in [0.25, 0.3) is 5.91 Å². The molecule has 1 unspecified atom stereocenters. The largest absolute Gasteiger partial charge is 0.494 e. The van der Waals surface area contributed by atoms with E-state index in [0.29, 0.717) is 47.0 Å². The molecule has 33 heavy (non-hydrogen) atoms. The van der Waals surface area contributed by atoms with E-state index in [1.165, 1.54) is 18.3 Å². The summed E-state index contributed by atoms with van der Waals surface area (Å²) in [7, 11) is 1.51. The van der Waals surface area contributed by atoms with Crippen molar-refractivity contribution in [1.29, 1.82) is 0 Å². The number of carbonyl (C=O) groups excluding carboxylic acids is 2. The van der Waals surface area contributed by atoms with Crippen molar-refractivity contribution in [1.82, 2.24) is 14.9 Å². The van der Waals surface area contributed by atoms with E-state index in [-0.39, 0.29) is 13.0 Å². The standard InChI is InChI=1S/C20H21ClF3N5O4/c1-32-13-5-4-10(21)15-16(13)26-9-27-17(15)28-7-11(25)12(8-28)29-6-2-3-14(18(29)30)33-19(31)20(22,23)24/h4-5,9,11-12,14H,2-3,6-8,25H2,1H3/t11-,12-,14?/m0/s1. The number of hydrogen-bond donors (Lipinski definition) is 1. The van der Waals surface area contributed by atoms with Gasteiger partial charge in [0.15, 0.2) is 6.10 Å². The number of hydrogen-bond acceptors (Lipinski definition) is 8. The van der Waals surface area contributed by atoms with Crippen LogP contribution in [-0.2, 0) is 14.3 Å². The van der Waals surface area contributed by atoms with Crippen LogP contribution < -0.4 is 15.4 Å². The lowest BCUT2D eigenvalue weighted by Crippen LogP contribution is -2.56. The smallest absolute Gasteiger partial charge is 0.490 e. The Morgan fingerprint density at radius 1 is 1.27 bits per heavy atom. The van der Waals surface area contributed by atoms with Gasteiger partial charge in [-0.1, -0.05) is 11.6 Å². The molecule has 2 aliphatic rings. The van der Waals surface area contributed by atoms with Crippen LogP contribution in [0.3, 0.4) is 0 Å². The molecule has 3 heterocycles. The van der Waals surface area contributed by atoms with Crippen LogP contribution in [0.4, 0.5) is 19.0 Å². The second-order valence-corrected chi connectivity index (χ2v) is 8.28. The fraction of sp³-hybridized carbons (Fsp3) is 0.500. The molecule has 1 aromatic heterocycles. The Bertz CT molecular complexity index is 1090. The maximum Gasteiger partial charge on any atom is 0.490 e. The zero-order valence-corrected chi connectivity index (χ0v) is 18.3. The first kappa shape index (κ1) is 23.3. The summed E-state index contributed by atoms with van der Waals surface area (Å²) in [5.41, 5.74) is 6.84. The van der Waals surface area contributed by atoms with Crippen LogP contribution >= 0.6 is 11.6 Å². The fourth-order valence-electron chi connectivity index (χ4n) is 4.31. The lowest BCUT2D eigenvalue weighted by Gasteiger charge is -2.37. The number of halogens is 4. The topological polar surface area (TPSA) is 111 Å². The second-order valence-electron chi connectivity index (χ2n) is 7.87. The lowest BCUT2D eigenvalue weighted by atomic mass is 10.0. The number of piperidine rings is 1. The van der Waals surface area contributed by atoms with E-state index in [1.54, 1.807) is 12.1 Å². The number of aromatic nitrogens is 2. The number of carbonyl (C=O) groups is 2. The van der Waals surface area contributed by atoms with E-state index in [0.717, 1.165) is 0 Å². The molecule has 0 radical (unpaired) electrons. The van der Waals surface area contributed by atoms with Gasteiger partial charge in [0, 0.05) is 25.7 Å². The minimum Gasteiger partial charge on any atom is -0.494 e. The van der Waals surface area contributed by atoms with Gasteiger partial charge in [0.1, 0.15) is 23.4 Å². The van der Waals surface area contributed by atoms with E-state index in [4.69, 9.17) is 22.1 Å². The Balaban J connectivity index is 1.57. The van der Waals surface area contributed by atoms with E-state index < -0.39 is 36.2 Å². The third-order valence-corrected chi connectivity index (χ3v) is 6.15. The quantitative estimate of drug-likeness (QED) is 0.651. The fourth-order valence-corrected chi connectivity index (χ4v) is 4.55. The Kier molecular flexibility index (Phi) is 6.23. The van der Waals surface area contributed by atoms with Crippen molar-refractivity contribution in [3.8, 4) is 5.75 Å². The predicted molar refractivity (Wildman–Crippen MR) is 112 cm³/mol. The SMILES string of the molecule is COc1ccc(Cl)c2c(N3C[C@H](N)[C@@H](N4CCCC(OC(=O)C(F)(F)F)C4=O)C3)ncnc12. The number of ether oxygens (including phenoxy) is 2. The van der Waals surface area contributed by atoms with Crippen LogP contribution in [0.1, 0.15) is 12.8 Å². The number of methoxy groups -OCH3 is 1. The molecule has 2 aliphatic heterocycles. The Hall–Kier alpha value is -2.86. The minimum absolute atomic E-state index is 0.0226. The number of amides is 1. The summed E-state index contributed by atoms with van der Waals surface area (Å²) in [4.78, 5) is 36.0. The average Bonchev–Trinajstić information content (AvgIpc) is 3.15. The molecule has 4 rings (SSSR count). The van der Waals surface area contributed by atoms with Crippen LogP contribution in [0.2, 0.25) is 5.02 Å². The number of nitrogens with two attached hydrogens (primary N) is 1. The van der Waals surface area contributed by atoms with E-state index in [9.17, 15) is 22.8 Å². The van der Waals surface area contributed by atoms with Gasteiger partial charge in [-0.2, -0.15) is 13.2 Å². The Morgan fingerprint density at radius 2 is 2.03 bits per heavy atom. The number of rotatable bonds is 4. The molecule has 0 saturated carbocycles. The maximum atomic E-state index is 12.9. The van der Waals surface area contributed by atoms with Gasteiger partial charge in [-0.25, -0.2) is 14.8 Å². The predicted octanol–water partition coefficient (Wildman–Crippen LogP) is 1.90. The molecule has 1 amide bonds. The van der Waals surface area contributed by atoms with Gasteiger partial charge in [0.05, 0.1) is 23.6 Å². The number of alkyl halides is 3. The number of nitrogens with zero attached hydrogens (tertiary/aromatic N) is 4. The van der Waals surface area contributed by atoms with Gasteiger partial charge in [-0.15, -0.1) is 0 Å². The molecule has 3 atom stereocenters. The van der Waals surface area contributed by atoms with Crippen molar-refractivity contribution < 1.29 is 32.2 Å². The first-order valence-electron chi connectivity index (χ1n) is 10.2. The lowest BCUT2D eigenvalue weighted by molar-refractivity contribution is -0.208. The normalized spacial score (nSPS) is 23.8. The highest BCUT2D eigenvalue weighted by molar-refractivity contribution is 6.36. The van der Waals surface area contributed by atoms with Crippen LogP contribution in [0, 0.1) is 0 Å². The summed E-state index contributed by atoms with van der Waals surface area (Å²) < 4.78 is 47.6. The zero-order chi connectivity index (χ0) is 23.9. The minimum atomic E-state index is -5.17. The number of fused-ring (bicyclic) bond motifs is 1. The summed E-state index contributed by atoms with van der Waals surface area (Å²) in [6.07, 6.45) is -4.89. The van der Waals surface area contributed by atoms with E-state index >= 15 is 0 Å². The summed E-state index contributed by atoms with van der Waals surface area (Å²) in [5, 5.41) is 0.972. The van der Waals surface area contributed by atoms with Gasteiger partial charge < -0.3 is 25.0 Å². The number of esters is 1. The molecular formula is C20H21ClF3N5O4. The third-order valence-electron chi connectivity index (χ3n) is 5.84. The third kappa shape index (κ3) is 4.36. The first-order valence-corrected chi connectivity index (χ1v) is 10.6. The average molecular weight is 488 g/mol. The van der Waals surface area contributed by atoms with E-state index in [1.807, 2.05) is 4.90 Å². The zero-order valence-electron chi connectivity index (χ0n) is 17.5. The van der Waals surface area contributed by atoms with Crippen LogP contribution in [0.5, 0.6) is 5.75 Å². The van der Waals surface area contributed by atoms with Gasteiger partial charge in [-0.3, -0.25) is 4.79 Å². The molecule has 1 aromatic carbocycles. The summed E-state index contributed by atoms with van der Waals surface area (Å²) >= 11 is 6.42. The molecule has 0 bridgehead atoms. The first-order chi connectivity index (χ1) is 15.6. The summed E-state index contributed by atoms with van der Waals surface area (Å²) in [6.45, 7) is 0.887. The number of likely N-dealkylation sites (tertiary alicyclic amines) is 1. The number of anilines is 1. The molecule has 2 saturated heterocycles. The molecule has 2 aromatic rings. The van der Waals surface area contributed by atoms with Crippen molar-refractivity contribution >= 4 is 40.2 Å². The highest BCUT2D eigenvalue weighted by Gasteiger charge is 2.47. The van der Waals surface area contributed by atoms with Crippen molar-refractivity contribution in [2.75, 3.05) is 31.6 Å². The van der Waals surface area contributed by atoms with Crippen LogP contribution in [-0.4, -0.2) is 77.9 Å².